The third-order valence-corrected chi connectivity index (χ3v) is 3.59. The molecule has 0 bridgehead atoms. The van der Waals surface area contributed by atoms with E-state index in [2.05, 4.69) is 0 Å². The largest absolute Gasteiger partial charge is 0.479 e. The van der Waals surface area contributed by atoms with Crippen LogP contribution in [0.3, 0.4) is 0 Å². The SMILES string of the molecule is O=C(Cc1ccc(C(F)(F)F)cc1)N1CCC(F)(C(=O)O)C1. The molecule has 1 atom stereocenters. The summed E-state index contributed by atoms with van der Waals surface area (Å²) in [5, 5.41) is 8.75. The molecule has 1 saturated heterocycles. The highest BCUT2D eigenvalue weighted by Crippen LogP contribution is 2.29. The van der Waals surface area contributed by atoms with Crippen LogP contribution in [0.1, 0.15) is 17.5 Å². The molecular formula is C14H13F4NO3. The zero-order valence-electron chi connectivity index (χ0n) is 11.4. The fourth-order valence-corrected chi connectivity index (χ4v) is 2.26. The summed E-state index contributed by atoms with van der Waals surface area (Å²) in [5.74, 6) is -2.13. The van der Waals surface area contributed by atoms with E-state index in [4.69, 9.17) is 5.11 Å². The van der Waals surface area contributed by atoms with Gasteiger partial charge in [-0.25, -0.2) is 9.18 Å². The number of carbonyl (C=O) groups is 2. The molecule has 120 valence electrons. The van der Waals surface area contributed by atoms with E-state index in [0.29, 0.717) is 5.56 Å². The molecule has 0 aromatic heterocycles. The van der Waals surface area contributed by atoms with Crippen LogP contribution in [0.25, 0.3) is 0 Å². The van der Waals surface area contributed by atoms with Gasteiger partial charge in [0.25, 0.3) is 0 Å². The quantitative estimate of drug-likeness (QED) is 0.870. The average molecular weight is 319 g/mol. The Morgan fingerprint density at radius 1 is 1.23 bits per heavy atom. The van der Waals surface area contributed by atoms with Gasteiger partial charge < -0.3 is 10.0 Å². The molecule has 1 aromatic carbocycles. The lowest BCUT2D eigenvalue weighted by atomic mass is 10.1. The number of hydrogen-bond acceptors (Lipinski definition) is 2. The molecule has 1 heterocycles. The normalized spacial score (nSPS) is 21.9. The van der Waals surface area contributed by atoms with Gasteiger partial charge in [-0.05, 0) is 17.7 Å². The zero-order valence-corrected chi connectivity index (χ0v) is 11.4. The number of likely N-dealkylation sites (tertiary alicyclic amines) is 1. The molecule has 1 amide bonds. The van der Waals surface area contributed by atoms with Crippen molar-refractivity contribution in [3.05, 3.63) is 35.4 Å². The molecule has 1 aliphatic rings. The Kier molecular flexibility index (Phi) is 4.12. The van der Waals surface area contributed by atoms with Gasteiger partial charge in [-0.15, -0.1) is 0 Å². The summed E-state index contributed by atoms with van der Waals surface area (Å²) >= 11 is 0. The molecule has 0 aliphatic carbocycles. The fraction of sp³-hybridized carbons (Fsp3) is 0.429. The van der Waals surface area contributed by atoms with Gasteiger partial charge in [-0.3, -0.25) is 4.79 Å². The maximum Gasteiger partial charge on any atom is 0.416 e. The zero-order chi connectivity index (χ0) is 16.5. The number of alkyl halides is 4. The van der Waals surface area contributed by atoms with Crippen molar-refractivity contribution in [3.63, 3.8) is 0 Å². The first-order valence-corrected chi connectivity index (χ1v) is 6.48. The Morgan fingerprint density at radius 3 is 2.27 bits per heavy atom. The van der Waals surface area contributed by atoms with Crippen molar-refractivity contribution in [2.75, 3.05) is 13.1 Å². The standard InChI is InChI=1S/C14H13F4NO3/c15-13(12(21)22)5-6-19(8-13)11(20)7-9-1-3-10(4-2-9)14(16,17)18/h1-4H,5-8H2,(H,21,22). The van der Waals surface area contributed by atoms with E-state index in [-0.39, 0.29) is 19.4 Å². The van der Waals surface area contributed by atoms with Gasteiger partial charge in [-0.2, -0.15) is 13.2 Å². The monoisotopic (exact) mass is 319 g/mol. The Hall–Kier alpha value is -2.12. The second-order valence-corrected chi connectivity index (χ2v) is 5.21. The van der Waals surface area contributed by atoms with Crippen molar-refractivity contribution in [1.29, 1.82) is 0 Å². The number of carboxylic acids is 1. The highest BCUT2D eigenvalue weighted by Gasteiger charge is 2.46. The second-order valence-electron chi connectivity index (χ2n) is 5.21. The van der Waals surface area contributed by atoms with Crippen molar-refractivity contribution >= 4 is 11.9 Å². The fourth-order valence-electron chi connectivity index (χ4n) is 2.26. The Balaban J connectivity index is 2.00. The number of carboxylic acid groups (broad SMARTS) is 1. The maximum absolute atomic E-state index is 13.9. The predicted molar refractivity (Wildman–Crippen MR) is 67.8 cm³/mol. The minimum Gasteiger partial charge on any atom is -0.479 e. The molecule has 0 saturated carbocycles. The summed E-state index contributed by atoms with van der Waals surface area (Å²) in [6, 6.07) is 4.08. The third kappa shape index (κ3) is 3.37. The first-order valence-electron chi connectivity index (χ1n) is 6.48. The van der Waals surface area contributed by atoms with Crippen molar-refractivity contribution in [2.24, 2.45) is 0 Å². The lowest BCUT2D eigenvalue weighted by molar-refractivity contribution is -0.150. The van der Waals surface area contributed by atoms with E-state index in [9.17, 15) is 27.2 Å². The summed E-state index contributed by atoms with van der Waals surface area (Å²) in [4.78, 5) is 23.8. The van der Waals surface area contributed by atoms with Crippen LogP contribution in [0.15, 0.2) is 24.3 Å². The predicted octanol–water partition coefficient (Wildman–Crippen LogP) is 2.27. The van der Waals surface area contributed by atoms with E-state index < -0.39 is 35.8 Å². The van der Waals surface area contributed by atoms with Gasteiger partial charge in [0, 0.05) is 13.0 Å². The highest BCUT2D eigenvalue weighted by atomic mass is 19.4. The molecule has 1 N–H and O–H groups in total. The van der Waals surface area contributed by atoms with Crippen LogP contribution in [0.2, 0.25) is 0 Å². The molecule has 0 spiro atoms. The summed E-state index contributed by atoms with van der Waals surface area (Å²) in [7, 11) is 0. The van der Waals surface area contributed by atoms with Crippen molar-refractivity contribution in [2.45, 2.75) is 24.7 Å². The van der Waals surface area contributed by atoms with Gasteiger partial charge in [0.2, 0.25) is 11.6 Å². The minimum absolute atomic E-state index is 0.0255. The molecule has 1 aromatic rings. The van der Waals surface area contributed by atoms with Crippen molar-refractivity contribution < 1.29 is 32.3 Å². The van der Waals surface area contributed by atoms with E-state index in [1.54, 1.807) is 0 Å². The maximum atomic E-state index is 13.9. The number of rotatable bonds is 3. The van der Waals surface area contributed by atoms with Crippen LogP contribution in [0, 0.1) is 0 Å². The van der Waals surface area contributed by atoms with Gasteiger partial charge in [0.05, 0.1) is 18.5 Å². The van der Waals surface area contributed by atoms with E-state index >= 15 is 0 Å². The van der Waals surface area contributed by atoms with Crippen LogP contribution >= 0.6 is 0 Å². The molecule has 22 heavy (non-hydrogen) atoms. The first kappa shape index (κ1) is 16.3. The molecule has 0 radical (unpaired) electrons. The number of nitrogens with zero attached hydrogens (tertiary/aromatic N) is 1. The number of hydrogen-bond donors (Lipinski definition) is 1. The van der Waals surface area contributed by atoms with E-state index in [0.717, 1.165) is 17.0 Å². The first-order chi connectivity index (χ1) is 10.1. The lowest BCUT2D eigenvalue weighted by Gasteiger charge is -2.18. The van der Waals surface area contributed by atoms with Gasteiger partial charge >= 0.3 is 12.1 Å². The topological polar surface area (TPSA) is 57.6 Å². The molecule has 8 heteroatoms. The van der Waals surface area contributed by atoms with Crippen LogP contribution in [0.4, 0.5) is 17.6 Å². The average Bonchev–Trinajstić information content (AvgIpc) is 2.82. The molecule has 2 rings (SSSR count). The van der Waals surface area contributed by atoms with E-state index in [1.807, 2.05) is 0 Å². The summed E-state index contributed by atoms with van der Waals surface area (Å²) in [6.45, 7) is -0.565. The number of benzene rings is 1. The Morgan fingerprint density at radius 2 is 1.82 bits per heavy atom. The van der Waals surface area contributed by atoms with Crippen LogP contribution in [-0.4, -0.2) is 40.6 Å². The smallest absolute Gasteiger partial charge is 0.416 e. The van der Waals surface area contributed by atoms with Crippen molar-refractivity contribution in [3.8, 4) is 0 Å². The number of halogens is 4. The summed E-state index contributed by atoms with van der Waals surface area (Å²) in [6.07, 6.45) is -4.94. The number of aliphatic carboxylic acids is 1. The van der Waals surface area contributed by atoms with E-state index in [1.165, 1.54) is 12.1 Å². The van der Waals surface area contributed by atoms with Crippen molar-refractivity contribution in [1.82, 2.24) is 4.90 Å². The molecular weight excluding hydrogens is 306 g/mol. The second kappa shape index (κ2) is 5.58. The van der Waals surface area contributed by atoms with Gasteiger partial charge in [-0.1, -0.05) is 12.1 Å². The molecule has 1 aliphatic heterocycles. The van der Waals surface area contributed by atoms with Crippen LogP contribution < -0.4 is 0 Å². The summed E-state index contributed by atoms with van der Waals surface area (Å²) < 4.78 is 51.1. The molecule has 1 fully saturated rings. The molecule has 4 nitrogen and oxygen atoms in total. The number of carbonyl (C=O) groups excluding carboxylic acids is 1. The summed E-state index contributed by atoms with van der Waals surface area (Å²) in [5.41, 5.74) is -2.92. The third-order valence-electron chi connectivity index (χ3n) is 3.59. The highest BCUT2D eigenvalue weighted by molar-refractivity contribution is 5.83. The van der Waals surface area contributed by atoms with Crippen LogP contribution in [-0.2, 0) is 22.2 Å². The lowest BCUT2D eigenvalue weighted by Crippen LogP contribution is -2.39. The van der Waals surface area contributed by atoms with Crippen LogP contribution in [0.5, 0.6) is 0 Å². The minimum atomic E-state index is -4.45. The molecule has 1 unspecified atom stereocenters. The Bertz CT molecular complexity index is 585. The number of amides is 1. The van der Waals surface area contributed by atoms with Gasteiger partial charge in [0.15, 0.2) is 0 Å². The van der Waals surface area contributed by atoms with Gasteiger partial charge in [0.1, 0.15) is 0 Å². The Labute approximate surface area is 123 Å².